The number of rotatable bonds is 6. The first-order valence-electron chi connectivity index (χ1n) is 7.58. The molecule has 2 N–H and O–H groups in total. The quantitative estimate of drug-likeness (QED) is 0.306. The molecule has 0 aliphatic carbocycles. The summed E-state index contributed by atoms with van der Waals surface area (Å²) in [4.78, 5) is 18.5. The van der Waals surface area contributed by atoms with E-state index in [2.05, 4.69) is 29.1 Å². The van der Waals surface area contributed by atoms with E-state index in [4.69, 9.17) is 0 Å². The van der Waals surface area contributed by atoms with Gasteiger partial charge >= 0.3 is 0 Å². The molecule has 1 aliphatic rings. The van der Waals surface area contributed by atoms with Crippen molar-refractivity contribution < 1.29 is 4.79 Å². The molecule has 1 saturated heterocycles. The summed E-state index contributed by atoms with van der Waals surface area (Å²) in [5.41, 5.74) is 0. The summed E-state index contributed by atoms with van der Waals surface area (Å²) in [5.74, 6) is 1.59. The number of hydrogen-bond donors (Lipinski definition) is 2. The predicted molar refractivity (Wildman–Crippen MR) is 99.2 cm³/mol. The molecular formula is C15H29IN4O. The van der Waals surface area contributed by atoms with Gasteiger partial charge in [0.05, 0.1) is 6.54 Å². The van der Waals surface area contributed by atoms with Crippen molar-refractivity contribution in [3.05, 3.63) is 12.7 Å². The molecule has 0 saturated carbocycles. The zero-order valence-electron chi connectivity index (χ0n) is 13.2. The molecule has 1 aliphatic heterocycles. The van der Waals surface area contributed by atoms with Crippen LogP contribution in [-0.4, -0.2) is 49.5 Å². The van der Waals surface area contributed by atoms with Crippen molar-refractivity contribution in [2.45, 2.75) is 33.1 Å². The van der Waals surface area contributed by atoms with E-state index < -0.39 is 0 Å². The molecular weight excluding hydrogens is 379 g/mol. The number of nitrogens with zero attached hydrogens (tertiary/aromatic N) is 2. The van der Waals surface area contributed by atoms with E-state index in [1.165, 1.54) is 6.42 Å². The minimum Gasteiger partial charge on any atom is -0.357 e. The summed E-state index contributed by atoms with van der Waals surface area (Å²) >= 11 is 0. The van der Waals surface area contributed by atoms with Crippen LogP contribution < -0.4 is 10.6 Å². The van der Waals surface area contributed by atoms with Gasteiger partial charge in [-0.1, -0.05) is 13.0 Å². The van der Waals surface area contributed by atoms with Crippen LogP contribution >= 0.6 is 24.0 Å². The smallest absolute Gasteiger partial charge is 0.224 e. The summed E-state index contributed by atoms with van der Waals surface area (Å²) in [7, 11) is 0. The second kappa shape index (κ2) is 11.8. The van der Waals surface area contributed by atoms with Crippen molar-refractivity contribution in [1.29, 1.82) is 0 Å². The Hall–Kier alpha value is -0.790. The number of aliphatic imine (C=N–C) groups is 1. The van der Waals surface area contributed by atoms with Crippen molar-refractivity contribution in [2.24, 2.45) is 10.9 Å². The second-order valence-corrected chi connectivity index (χ2v) is 5.27. The van der Waals surface area contributed by atoms with E-state index >= 15 is 0 Å². The molecule has 0 spiro atoms. The number of likely N-dealkylation sites (tertiary alicyclic amines) is 1. The van der Waals surface area contributed by atoms with Gasteiger partial charge in [-0.2, -0.15) is 0 Å². The van der Waals surface area contributed by atoms with Crippen LogP contribution in [-0.2, 0) is 4.79 Å². The van der Waals surface area contributed by atoms with Gasteiger partial charge in [-0.15, -0.1) is 30.6 Å². The minimum atomic E-state index is 0. The number of amides is 1. The second-order valence-electron chi connectivity index (χ2n) is 5.27. The normalized spacial score (nSPS) is 18.7. The van der Waals surface area contributed by atoms with Crippen LogP contribution in [0.1, 0.15) is 33.1 Å². The maximum Gasteiger partial charge on any atom is 0.224 e. The summed E-state index contributed by atoms with van der Waals surface area (Å²) in [6, 6.07) is 0. The fourth-order valence-electron chi connectivity index (χ4n) is 2.35. The number of guanidine groups is 1. The van der Waals surface area contributed by atoms with E-state index in [0.717, 1.165) is 32.0 Å². The van der Waals surface area contributed by atoms with Crippen molar-refractivity contribution in [3.63, 3.8) is 0 Å². The standard InChI is InChI=1S/C15H28N4O.HI/c1-4-9-17-15(16-5-2)18-10-8-14(20)19-11-6-7-13(3)12-19;/h4,13H,1,5-12H2,2-3H3,(H2,16,17,18);1H. The first-order valence-corrected chi connectivity index (χ1v) is 7.58. The number of hydrogen-bond acceptors (Lipinski definition) is 2. The van der Waals surface area contributed by atoms with E-state index in [0.29, 0.717) is 25.4 Å². The molecule has 0 aromatic heterocycles. The van der Waals surface area contributed by atoms with E-state index in [-0.39, 0.29) is 29.9 Å². The third-order valence-corrected chi connectivity index (χ3v) is 3.36. The van der Waals surface area contributed by atoms with Crippen molar-refractivity contribution >= 4 is 35.8 Å². The van der Waals surface area contributed by atoms with Crippen LogP contribution in [0, 0.1) is 5.92 Å². The zero-order chi connectivity index (χ0) is 14.8. The van der Waals surface area contributed by atoms with Crippen LogP contribution in [0.15, 0.2) is 17.6 Å². The highest BCUT2D eigenvalue weighted by Gasteiger charge is 2.20. The molecule has 0 radical (unpaired) electrons. The van der Waals surface area contributed by atoms with Crippen LogP contribution in [0.5, 0.6) is 0 Å². The van der Waals surface area contributed by atoms with Crippen molar-refractivity contribution in [2.75, 3.05) is 32.7 Å². The lowest BCUT2D eigenvalue weighted by atomic mass is 10.00. The molecule has 5 nitrogen and oxygen atoms in total. The number of piperidine rings is 1. The molecule has 1 rings (SSSR count). The lowest BCUT2D eigenvalue weighted by Gasteiger charge is -2.30. The fraction of sp³-hybridized carbons (Fsp3) is 0.733. The Kier molecular flexibility index (Phi) is 11.4. The average Bonchev–Trinajstić information content (AvgIpc) is 2.44. The fourth-order valence-corrected chi connectivity index (χ4v) is 2.35. The third kappa shape index (κ3) is 8.28. The molecule has 0 bridgehead atoms. The number of nitrogens with one attached hydrogen (secondary N) is 2. The molecule has 1 heterocycles. The highest BCUT2D eigenvalue weighted by Crippen LogP contribution is 2.15. The molecule has 122 valence electrons. The Balaban J connectivity index is 0.00000400. The molecule has 1 fully saturated rings. The molecule has 1 atom stereocenters. The number of carbonyl (C=O) groups is 1. The highest BCUT2D eigenvalue weighted by molar-refractivity contribution is 14.0. The van der Waals surface area contributed by atoms with E-state index in [1.54, 1.807) is 6.08 Å². The molecule has 0 aromatic rings. The largest absolute Gasteiger partial charge is 0.357 e. The van der Waals surface area contributed by atoms with E-state index in [9.17, 15) is 4.79 Å². The van der Waals surface area contributed by atoms with Crippen LogP contribution in [0.2, 0.25) is 0 Å². The highest BCUT2D eigenvalue weighted by atomic mass is 127. The van der Waals surface area contributed by atoms with Gasteiger partial charge in [0, 0.05) is 32.6 Å². The lowest BCUT2D eigenvalue weighted by Crippen LogP contribution is -2.40. The van der Waals surface area contributed by atoms with Gasteiger partial charge in [-0.25, -0.2) is 0 Å². The van der Waals surface area contributed by atoms with Gasteiger partial charge in [-0.3, -0.25) is 9.79 Å². The van der Waals surface area contributed by atoms with Gasteiger partial charge in [0.1, 0.15) is 0 Å². The SMILES string of the molecule is C=CCNC(=NCCC(=O)N1CCCC(C)C1)NCC.I. The van der Waals surface area contributed by atoms with E-state index in [1.807, 2.05) is 11.8 Å². The Morgan fingerprint density at radius 2 is 2.24 bits per heavy atom. The van der Waals surface area contributed by atoms with Gasteiger partial charge in [-0.05, 0) is 25.7 Å². The summed E-state index contributed by atoms with van der Waals surface area (Å²) in [5, 5.41) is 6.27. The monoisotopic (exact) mass is 408 g/mol. The summed E-state index contributed by atoms with van der Waals surface area (Å²) in [6.07, 6.45) is 4.63. The Labute approximate surface area is 145 Å². The third-order valence-electron chi connectivity index (χ3n) is 3.36. The van der Waals surface area contributed by atoms with Gasteiger partial charge < -0.3 is 15.5 Å². The molecule has 0 aromatic carbocycles. The Morgan fingerprint density at radius 3 is 2.86 bits per heavy atom. The number of carbonyl (C=O) groups excluding carboxylic acids is 1. The average molecular weight is 408 g/mol. The predicted octanol–water partition coefficient (Wildman–Crippen LogP) is 1.99. The van der Waals surface area contributed by atoms with Gasteiger partial charge in [0.25, 0.3) is 0 Å². The molecule has 6 heteroatoms. The Morgan fingerprint density at radius 1 is 1.48 bits per heavy atom. The maximum absolute atomic E-state index is 12.1. The first kappa shape index (κ1) is 20.2. The summed E-state index contributed by atoms with van der Waals surface area (Å²) in [6.45, 7) is 11.7. The Bertz CT molecular complexity index is 347. The molecule has 1 unspecified atom stereocenters. The molecule has 1 amide bonds. The zero-order valence-corrected chi connectivity index (χ0v) is 15.6. The molecule has 21 heavy (non-hydrogen) atoms. The van der Waals surface area contributed by atoms with Gasteiger partial charge in [0.2, 0.25) is 5.91 Å². The van der Waals surface area contributed by atoms with Crippen LogP contribution in [0.4, 0.5) is 0 Å². The van der Waals surface area contributed by atoms with Crippen molar-refractivity contribution in [3.8, 4) is 0 Å². The van der Waals surface area contributed by atoms with Crippen LogP contribution in [0.25, 0.3) is 0 Å². The maximum atomic E-state index is 12.1. The topological polar surface area (TPSA) is 56.7 Å². The first-order chi connectivity index (χ1) is 9.67. The minimum absolute atomic E-state index is 0. The summed E-state index contributed by atoms with van der Waals surface area (Å²) < 4.78 is 0. The number of halogens is 1. The van der Waals surface area contributed by atoms with Crippen LogP contribution in [0.3, 0.4) is 0 Å². The van der Waals surface area contributed by atoms with Gasteiger partial charge in [0.15, 0.2) is 5.96 Å². The lowest BCUT2D eigenvalue weighted by molar-refractivity contribution is -0.132. The van der Waals surface area contributed by atoms with Crippen molar-refractivity contribution in [1.82, 2.24) is 15.5 Å².